The van der Waals surface area contributed by atoms with Gasteiger partial charge in [0.1, 0.15) is 5.41 Å². The predicted octanol–water partition coefficient (Wildman–Crippen LogP) is 0.146. The van der Waals surface area contributed by atoms with Gasteiger partial charge in [-0.2, -0.15) is 5.26 Å². The van der Waals surface area contributed by atoms with Gasteiger partial charge in [-0.1, -0.05) is 0 Å². The van der Waals surface area contributed by atoms with Gasteiger partial charge in [-0.05, 0) is 19.3 Å². The van der Waals surface area contributed by atoms with Gasteiger partial charge in [-0.3, -0.25) is 4.79 Å². The van der Waals surface area contributed by atoms with Crippen molar-refractivity contribution in [1.82, 2.24) is 4.90 Å². The summed E-state index contributed by atoms with van der Waals surface area (Å²) in [6.07, 6.45) is 1.49. The smallest absolute Gasteiger partial charge is 0.242 e. The minimum atomic E-state index is -0.832. The van der Waals surface area contributed by atoms with Crippen molar-refractivity contribution in [3.05, 3.63) is 0 Å². The Morgan fingerprint density at radius 3 is 2.69 bits per heavy atom. The normalized spacial score (nSPS) is 19.4. The summed E-state index contributed by atoms with van der Waals surface area (Å²) >= 11 is 0. The van der Waals surface area contributed by atoms with Crippen molar-refractivity contribution in [2.24, 2.45) is 5.41 Å². The third kappa shape index (κ3) is 2.52. The molecular weight excluding hydrogens is 208 g/mol. The van der Waals surface area contributed by atoms with Crippen LogP contribution < -0.4 is 0 Å². The number of nitrogens with zero attached hydrogens (tertiary/aromatic N) is 2. The maximum atomic E-state index is 12.0. The second kappa shape index (κ2) is 5.28. The third-order valence-electron chi connectivity index (χ3n) is 3.02. The molecule has 0 spiro atoms. The van der Waals surface area contributed by atoms with Crippen molar-refractivity contribution in [2.45, 2.75) is 25.4 Å². The van der Waals surface area contributed by atoms with E-state index in [1.54, 1.807) is 7.05 Å². The minimum Gasteiger partial charge on any atom is -0.389 e. The molecule has 1 amide bonds. The highest BCUT2D eigenvalue weighted by atomic mass is 16.5. The van der Waals surface area contributed by atoms with E-state index in [2.05, 4.69) is 6.07 Å². The fraction of sp³-hybridized carbons (Fsp3) is 0.818. The van der Waals surface area contributed by atoms with Crippen molar-refractivity contribution < 1.29 is 14.6 Å². The number of aliphatic hydroxyl groups is 1. The fourth-order valence-corrected chi connectivity index (χ4v) is 1.91. The molecule has 0 bridgehead atoms. The van der Waals surface area contributed by atoms with Gasteiger partial charge in [-0.15, -0.1) is 0 Å². The summed E-state index contributed by atoms with van der Waals surface area (Å²) in [7, 11) is 3.10. The largest absolute Gasteiger partial charge is 0.389 e. The molecule has 16 heavy (non-hydrogen) atoms. The summed E-state index contributed by atoms with van der Waals surface area (Å²) in [5, 5.41) is 18.5. The number of likely N-dealkylation sites (N-methyl/N-ethyl adjacent to an activating group) is 1. The van der Waals surface area contributed by atoms with Crippen LogP contribution in [0.25, 0.3) is 0 Å². The molecule has 5 heteroatoms. The van der Waals surface area contributed by atoms with E-state index >= 15 is 0 Å². The van der Waals surface area contributed by atoms with Crippen LogP contribution in [0.4, 0.5) is 0 Å². The van der Waals surface area contributed by atoms with Crippen LogP contribution in [0.5, 0.6) is 0 Å². The van der Waals surface area contributed by atoms with Gasteiger partial charge in [0.05, 0.1) is 18.8 Å². The van der Waals surface area contributed by atoms with E-state index in [4.69, 9.17) is 10.00 Å². The second-order valence-electron chi connectivity index (χ2n) is 4.34. The third-order valence-corrected chi connectivity index (χ3v) is 3.02. The summed E-state index contributed by atoms with van der Waals surface area (Å²) in [5.41, 5.74) is -0.832. The van der Waals surface area contributed by atoms with E-state index < -0.39 is 11.5 Å². The molecular formula is C11H18N2O3. The van der Waals surface area contributed by atoms with Crippen molar-refractivity contribution in [3.8, 4) is 6.07 Å². The topological polar surface area (TPSA) is 73.6 Å². The molecule has 0 heterocycles. The summed E-state index contributed by atoms with van der Waals surface area (Å²) in [5.74, 6) is -0.184. The Bertz CT molecular complexity index is 294. The zero-order valence-electron chi connectivity index (χ0n) is 9.77. The van der Waals surface area contributed by atoms with Gasteiger partial charge < -0.3 is 14.7 Å². The number of ether oxygens (including phenoxy) is 1. The van der Waals surface area contributed by atoms with Crippen LogP contribution in [0.1, 0.15) is 19.3 Å². The fourth-order valence-electron chi connectivity index (χ4n) is 1.91. The highest BCUT2D eigenvalue weighted by Crippen LogP contribution is 2.41. The summed E-state index contributed by atoms with van der Waals surface area (Å²) < 4.78 is 4.78. The predicted molar refractivity (Wildman–Crippen MR) is 57.4 cm³/mol. The number of nitriles is 1. The van der Waals surface area contributed by atoms with Crippen LogP contribution in [-0.2, 0) is 9.53 Å². The maximum absolute atomic E-state index is 12.0. The number of aliphatic hydroxyl groups excluding tert-OH is 1. The molecule has 1 saturated carbocycles. The summed E-state index contributed by atoms with van der Waals surface area (Å²) in [6, 6.07) is 2.10. The standard InChI is InChI=1S/C11H18N2O3/c1-13(6-9(14)7-16-2)10(15)11(8-12)4-3-5-11/h9,14H,3-7H2,1-2H3. The molecule has 0 saturated heterocycles. The average Bonchev–Trinajstić information content (AvgIpc) is 2.16. The van der Waals surface area contributed by atoms with Gasteiger partial charge in [0.25, 0.3) is 0 Å². The molecule has 1 rings (SSSR count). The maximum Gasteiger partial charge on any atom is 0.242 e. The van der Waals surface area contributed by atoms with Crippen LogP contribution in [0.2, 0.25) is 0 Å². The van der Waals surface area contributed by atoms with E-state index in [9.17, 15) is 9.90 Å². The van der Waals surface area contributed by atoms with E-state index in [1.165, 1.54) is 12.0 Å². The Balaban J connectivity index is 2.51. The van der Waals surface area contributed by atoms with Gasteiger partial charge in [0.15, 0.2) is 0 Å². The van der Waals surface area contributed by atoms with E-state index in [0.29, 0.717) is 12.8 Å². The van der Waals surface area contributed by atoms with Crippen LogP contribution in [-0.4, -0.2) is 49.3 Å². The van der Waals surface area contributed by atoms with Crippen molar-refractivity contribution >= 4 is 5.91 Å². The number of hydrogen-bond donors (Lipinski definition) is 1. The number of rotatable bonds is 5. The first kappa shape index (κ1) is 12.9. The van der Waals surface area contributed by atoms with E-state index in [1.807, 2.05) is 0 Å². The molecule has 5 nitrogen and oxygen atoms in total. The first-order chi connectivity index (χ1) is 7.55. The van der Waals surface area contributed by atoms with Crippen LogP contribution in [0, 0.1) is 16.7 Å². The average molecular weight is 226 g/mol. The first-order valence-electron chi connectivity index (χ1n) is 5.39. The molecule has 0 aromatic carbocycles. The SMILES string of the molecule is COCC(O)CN(C)C(=O)C1(C#N)CCC1. The molecule has 1 atom stereocenters. The molecule has 1 unspecified atom stereocenters. The molecule has 0 radical (unpaired) electrons. The number of amides is 1. The monoisotopic (exact) mass is 226 g/mol. The van der Waals surface area contributed by atoms with Crippen molar-refractivity contribution in [1.29, 1.82) is 5.26 Å². The minimum absolute atomic E-state index is 0.184. The molecule has 1 N–H and O–H groups in total. The highest BCUT2D eigenvalue weighted by molar-refractivity contribution is 5.86. The summed E-state index contributed by atoms with van der Waals surface area (Å²) in [6.45, 7) is 0.396. The highest BCUT2D eigenvalue weighted by Gasteiger charge is 2.46. The lowest BCUT2D eigenvalue weighted by Gasteiger charge is -2.37. The van der Waals surface area contributed by atoms with Crippen molar-refractivity contribution in [2.75, 3.05) is 27.3 Å². The molecule has 0 aromatic heterocycles. The lowest BCUT2D eigenvalue weighted by atomic mass is 9.69. The first-order valence-corrected chi connectivity index (χ1v) is 5.39. The quantitative estimate of drug-likeness (QED) is 0.724. The molecule has 0 aliphatic heterocycles. The lowest BCUT2D eigenvalue weighted by Crippen LogP contribution is -2.48. The van der Waals surface area contributed by atoms with Gasteiger partial charge >= 0.3 is 0 Å². The Hall–Kier alpha value is -1.12. The van der Waals surface area contributed by atoms with Crippen LogP contribution in [0.15, 0.2) is 0 Å². The Kier molecular flexibility index (Phi) is 4.27. The molecule has 1 fully saturated rings. The van der Waals surface area contributed by atoms with Gasteiger partial charge in [-0.25, -0.2) is 0 Å². The number of carbonyl (C=O) groups excluding carboxylic acids is 1. The Morgan fingerprint density at radius 2 is 2.31 bits per heavy atom. The summed E-state index contributed by atoms with van der Waals surface area (Å²) in [4.78, 5) is 13.4. The van der Waals surface area contributed by atoms with Crippen molar-refractivity contribution in [3.63, 3.8) is 0 Å². The Labute approximate surface area is 95.6 Å². The van der Waals surface area contributed by atoms with E-state index in [0.717, 1.165) is 6.42 Å². The zero-order chi connectivity index (χ0) is 12.2. The lowest BCUT2D eigenvalue weighted by molar-refractivity contribution is -0.143. The van der Waals surface area contributed by atoms with Crippen LogP contribution >= 0.6 is 0 Å². The molecule has 1 aliphatic carbocycles. The number of carbonyl (C=O) groups is 1. The zero-order valence-corrected chi connectivity index (χ0v) is 9.77. The number of methoxy groups -OCH3 is 1. The van der Waals surface area contributed by atoms with E-state index in [-0.39, 0.29) is 19.1 Å². The molecule has 0 aromatic rings. The number of hydrogen-bond acceptors (Lipinski definition) is 4. The molecule has 1 aliphatic rings. The molecule has 90 valence electrons. The Morgan fingerprint density at radius 1 is 1.69 bits per heavy atom. The van der Waals surface area contributed by atoms with Gasteiger partial charge in [0, 0.05) is 20.7 Å². The van der Waals surface area contributed by atoms with Gasteiger partial charge in [0.2, 0.25) is 5.91 Å². The van der Waals surface area contributed by atoms with Crippen LogP contribution in [0.3, 0.4) is 0 Å². The second-order valence-corrected chi connectivity index (χ2v) is 4.34.